The molecule has 23 heavy (non-hydrogen) atoms. The van der Waals surface area contributed by atoms with Crippen LogP contribution in [0.4, 0.5) is 4.79 Å². The lowest BCUT2D eigenvalue weighted by Gasteiger charge is -2.51. The largest absolute Gasteiger partial charge is 0.465 e. The maximum absolute atomic E-state index is 12.5. The highest BCUT2D eigenvalue weighted by Gasteiger charge is 2.62. The SMILES string of the molecule is CC1(c2ccc(Cl)cc2)C(=O)N(C(=O)O)C1c1ccc(Br)cn1. The topological polar surface area (TPSA) is 70.5 Å². The van der Waals surface area contributed by atoms with Gasteiger partial charge in [-0.3, -0.25) is 9.78 Å². The Kier molecular flexibility index (Phi) is 3.90. The number of amides is 2. The van der Waals surface area contributed by atoms with Gasteiger partial charge in [-0.25, -0.2) is 9.69 Å². The molecule has 2 unspecified atom stereocenters. The Morgan fingerprint density at radius 3 is 2.48 bits per heavy atom. The maximum atomic E-state index is 12.5. The second-order valence-electron chi connectivity index (χ2n) is 5.47. The van der Waals surface area contributed by atoms with Gasteiger partial charge < -0.3 is 5.11 Å². The van der Waals surface area contributed by atoms with Gasteiger partial charge in [-0.1, -0.05) is 23.7 Å². The third-order valence-electron chi connectivity index (χ3n) is 4.15. The van der Waals surface area contributed by atoms with Crippen LogP contribution in [0.5, 0.6) is 0 Å². The second kappa shape index (κ2) is 5.62. The van der Waals surface area contributed by atoms with E-state index in [1.807, 2.05) is 0 Å². The molecule has 5 nitrogen and oxygen atoms in total. The molecule has 2 amide bonds. The molecule has 118 valence electrons. The number of carbonyl (C=O) groups excluding carboxylic acids is 1. The first-order valence-electron chi connectivity index (χ1n) is 6.80. The Morgan fingerprint density at radius 2 is 1.96 bits per heavy atom. The van der Waals surface area contributed by atoms with Crippen LogP contribution in [0.15, 0.2) is 47.1 Å². The predicted octanol–water partition coefficient (Wildman–Crippen LogP) is 4.02. The Bertz CT molecular complexity index is 779. The molecule has 0 aliphatic carbocycles. The highest BCUT2D eigenvalue weighted by Crippen LogP contribution is 2.51. The van der Waals surface area contributed by atoms with Crippen LogP contribution in [0.3, 0.4) is 0 Å². The zero-order valence-electron chi connectivity index (χ0n) is 12.0. The zero-order valence-corrected chi connectivity index (χ0v) is 14.4. The minimum atomic E-state index is -1.28. The van der Waals surface area contributed by atoms with Gasteiger partial charge in [0.2, 0.25) is 5.91 Å². The standard InChI is InChI=1S/C16H12BrClN2O3/c1-16(9-2-5-11(18)6-3-9)13(20(14(16)21)15(22)23)12-7-4-10(17)8-19-12/h2-8,13H,1H3,(H,22,23). The minimum Gasteiger partial charge on any atom is -0.465 e. The summed E-state index contributed by atoms with van der Waals surface area (Å²) in [6.07, 6.45) is 0.302. The molecule has 2 aromatic rings. The number of rotatable bonds is 2. The van der Waals surface area contributed by atoms with Crippen molar-refractivity contribution in [2.24, 2.45) is 0 Å². The van der Waals surface area contributed by atoms with Crippen LogP contribution < -0.4 is 0 Å². The summed E-state index contributed by atoms with van der Waals surface area (Å²) < 4.78 is 0.780. The Hall–Kier alpha value is -1.92. The summed E-state index contributed by atoms with van der Waals surface area (Å²) in [6, 6.07) is 9.66. The van der Waals surface area contributed by atoms with Crippen molar-refractivity contribution in [2.45, 2.75) is 18.4 Å². The van der Waals surface area contributed by atoms with Crippen molar-refractivity contribution in [2.75, 3.05) is 0 Å². The summed E-state index contributed by atoms with van der Waals surface area (Å²) in [5, 5.41) is 9.91. The van der Waals surface area contributed by atoms with Crippen LogP contribution in [0.1, 0.15) is 24.2 Å². The van der Waals surface area contributed by atoms with Crippen molar-refractivity contribution in [3.8, 4) is 0 Å². The molecule has 1 N–H and O–H groups in total. The van der Waals surface area contributed by atoms with Gasteiger partial charge in [0, 0.05) is 15.7 Å². The average Bonchev–Trinajstić information content (AvgIpc) is 2.52. The summed E-state index contributed by atoms with van der Waals surface area (Å²) >= 11 is 9.20. The lowest BCUT2D eigenvalue weighted by atomic mass is 9.66. The van der Waals surface area contributed by atoms with Crippen LogP contribution in [-0.2, 0) is 10.2 Å². The van der Waals surface area contributed by atoms with E-state index in [9.17, 15) is 14.7 Å². The number of benzene rings is 1. The first kappa shape index (κ1) is 16.0. The number of carboxylic acid groups (broad SMARTS) is 1. The Balaban J connectivity index is 2.10. The number of β-lactam (4-membered cyclic amide) rings is 1. The molecule has 1 saturated heterocycles. The molecule has 1 aliphatic heterocycles. The number of nitrogens with zero attached hydrogens (tertiary/aromatic N) is 2. The van der Waals surface area contributed by atoms with Gasteiger partial charge >= 0.3 is 6.09 Å². The smallest absolute Gasteiger partial charge is 0.414 e. The number of likely N-dealkylation sites (tertiary alicyclic amines) is 1. The molecule has 0 radical (unpaired) electrons. The van der Waals surface area contributed by atoms with Crippen molar-refractivity contribution >= 4 is 39.5 Å². The summed E-state index contributed by atoms with van der Waals surface area (Å²) in [5.74, 6) is -0.470. The van der Waals surface area contributed by atoms with E-state index in [0.717, 1.165) is 9.37 Å². The van der Waals surface area contributed by atoms with E-state index in [0.29, 0.717) is 16.3 Å². The van der Waals surface area contributed by atoms with E-state index in [4.69, 9.17) is 11.6 Å². The van der Waals surface area contributed by atoms with Crippen LogP contribution in [0.2, 0.25) is 5.02 Å². The molecule has 0 spiro atoms. The molecule has 2 heterocycles. The third-order valence-corrected chi connectivity index (χ3v) is 4.87. The normalized spacial score (nSPS) is 23.5. The summed E-state index contributed by atoms with van der Waals surface area (Å²) in [5.41, 5.74) is 0.232. The number of hydrogen-bond acceptors (Lipinski definition) is 3. The Morgan fingerprint density at radius 1 is 1.30 bits per heavy atom. The van der Waals surface area contributed by atoms with Gasteiger partial charge in [-0.15, -0.1) is 0 Å². The highest BCUT2D eigenvalue weighted by molar-refractivity contribution is 9.10. The molecule has 1 aromatic carbocycles. The van der Waals surface area contributed by atoms with Crippen molar-refractivity contribution in [3.05, 3.63) is 63.3 Å². The number of imide groups is 1. The molecule has 1 fully saturated rings. The van der Waals surface area contributed by atoms with E-state index in [-0.39, 0.29) is 0 Å². The molecular formula is C16H12BrClN2O3. The summed E-state index contributed by atoms with van der Waals surface area (Å²) in [7, 11) is 0. The van der Waals surface area contributed by atoms with Gasteiger partial charge in [0.15, 0.2) is 0 Å². The Labute approximate surface area is 146 Å². The monoisotopic (exact) mass is 394 g/mol. The lowest BCUT2D eigenvalue weighted by molar-refractivity contribution is -0.155. The van der Waals surface area contributed by atoms with Crippen LogP contribution in [0.25, 0.3) is 0 Å². The molecule has 2 atom stereocenters. The van der Waals surface area contributed by atoms with E-state index in [1.165, 1.54) is 0 Å². The number of hydrogen-bond donors (Lipinski definition) is 1. The fraction of sp³-hybridized carbons (Fsp3) is 0.188. The van der Waals surface area contributed by atoms with Gasteiger partial charge in [-0.2, -0.15) is 0 Å². The first-order valence-corrected chi connectivity index (χ1v) is 7.97. The van der Waals surface area contributed by atoms with Crippen molar-refractivity contribution in [1.29, 1.82) is 0 Å². The van der Waals surface area contributed by atoms with Crippen LogP contribution >= 0.6 is 27.5 Å². The van der Waals surface area contributed by atoms with E-state index < -0.39 is 23.5 Å². The van der Waals surface area contributed by atoms with Gasteiger partial charge in [0.05, 0.1) is 11.1 Å². The molecule has 1 aromatic heterocycles. The number of aromatic nitrogens is 1. The van der Waals surface area contributed by atoms with E-state index in [2.05, 4.69) is 20.9 Å². The molecular weight excluding hydrogens is 384 g/mol. The van der Waals surface area contributed by atoms with Gasteiger partial charge in [-0.05, 0) is 52.7 Å². The highest BCUT2D eigenvalue weighted by atomic mass is 79.9. The van der Waals surface area contributed by atoms with Crippen molar-refractivity contribution in [1.82, 2.24) is 9.88 Å². The van der Waals surface area contributed by atoms with E-state index in [1.54, 1.807) is 49.5 Å². The predicted molar refractivity (Wildman–Crippen MR) is 88.4 cm³/mol. The molecule has 1 aliphatic rings. The number of halogens is 2. The van der Waals surface area contributed by atoms with E-state index >= 15 is 0 Å². The molecule has 3 rings (SSSR count). The van der Waals surface area contributed by atoms with Gasteiger partial charge in [0.25, 0.3) is 0 Å². The fourth-order valence-corrected chi connectivity index (χ4v) is 3.29. The lowest BCUT2D eigenvalue weighted by Crippen LogP contribution is -2.66. The minimum absolute atomic E-state index is 0.470. The summed E-state index contributed by atoms with van der Waals surface area (Å²) in [4.78, 5) is 29.1. The van der Waals surface area contributed by atoms with Crippen LogP contribution in [0, 0.1) is 0 Å². The van der Waals surface area contributed by atoms with Crippen molar-refractivity contribution in [3.63, 3.8) is 0 Å². The average molecular weight is 396 g/mol. The van der Waals surface area contributed by atoms with Crippen molar-refractivity contribution < 1.29 is 14.7 Å². The second-order valence-corrected chi connectivity index (χ2v) is 6.82. The zero-order chi connectivity index (χ0) is 16.8. The van der Waals surface area contributed by atoms with Gasteiger partial charge in [0.1, 0.15) is 6.04 Å². The number of pyridine rings is 1. The maximum Gasteiger partial charge on any atom is 0.414 e. The number of carbonyl (C=O) groups is 2. The third kappa shape index (κ3) is 2.42. The summed E-state index contributed by atoms with van der Waals surface area (Å²) in [6.45, 7) is 1.73. The fourth-order valence-electron chi connectivity index (χ4n) is 2.93. The quantitative estimate of drug-likeness (QED) is 0.780. The molecule has 0 bridgehead atoms. The first-order chi connectivity index (χ1) is 10.9. The van der Waals surface area contributed by atoms with Crippen LogP contribution in [-0.4, -0.2) is 27.0 Å². The molecule has 7 heteroatoms. The molecule has 0 saturated carbocycles.